The maximum atomic E-state index is 12.1. The molecule has 1 aromatic heterocycles. The Hall–Kier alpha value is -5.67. The fourth-order valence-electron chi connectivity index (χ4n) is 6.62. The van der Waals surface area contributed by atoms with Crippen molar-refractivity contribution < 1.29 is 19.1 Å². The van der Waals surface area contributed by atoms with Crippen molar-refractivity contribution in [3.63, 3.8) is 0 Å². The number of aromatic nitrogens is 2. The van der Waals surface area contributed by atoms with Crippen molar-refractivity contribution in [1.82, 2.24) is 14.9 Å². The van der Waals surface area contributed by atoms with Crippen LogP contribution in [0.3, 0.4) is 0 Å². The van der Waals surface area contributed by atoms with E-state index in [1.54, 1.807) is 12.1 Å². The quantitative estimate of drug-likeness (QED) is 0.0888. The number of carbonyl (C=O) groups is 2. The van der Waals surface area contributed by atoms with Gasteiger partial charge in [-0.05, 0) is 99.3 Å². The van der Waals surface area contributed by atoms with Crippen LogP contribution in [-0.4, -0.2) is 72.9 Å². The fraction of sp³-hybridized carbons (Fsp3) is 0.279. The molecule has 0 bridgehead atoms. The summed E-state index contributed by atoms with van der Waals surface area (Å²) in [4.78, 5) is 37.3. The van der Waals surface area contributed by atoms with Crippen LogP contribution in [0.25, 0.3) is 33.9 Å². The van der Waals surface area contributed by atoms with E-state index in [1.807, 2.05) is 42.5 Å². The Morgan fingerprint density at radius 1 is 0.846 bits per heavy atom. The summed E-state index contributed by atoms with van der Waals surface area (Å²) in [7, 11) is 2.18. The van der Waals surface area contributed by atoms with Crippen molar-refractivity contribution in [3.05, 3.63) is 120 Å². The topological polar surface area (TPSA) is 99.8 Å². The molecule has 266 valence electrons. The number of carbonyl (C=O) groups excluding carboxylic acids is 2. The zero-order valence-corrected chi connectivity index (χ0v) is 29.9. The predicted octanol–water partition coefficient (Wildman–Crippen LogP) is 8.14. The molecular weight excluding hydrogens is 651 g/mol. The molecule has 1 aliphatic heterocycles. The molecule has 0 unspecified atom stereocenters. The predicted molar refractivity (Wildman–Crippen MR) is 209 cm³/mol. The van der Waals surface area contributed by atoms with Crippen molar-refractivity contribution in [2.24, 2.45) is 0 Å². The lowest BCUT2D eigenvalue weighted by molar-refractivity contribution is -0.111. The Kier molecular flexibility index (Phi) is 10.5. The average molecular weight is 696 g/mol. The van der Waals surface area contributed by atoms with Crippen molar-refractivity contribution >= 4 is 45.4 Å². The van der Waals surface area contributed by atoms with Gasteiger partial charge in [-0.15, -0.1) is 0 Å². The molecule has 2 N–H and O–H groups in total. The number of piperazine rings is 1. The van der Waals surface area contributed by atoms with E-state index in [0.717, 1.165) is 97.0 Å². The molecule has 7 rings (SSSR count). The molecule has 9 nitrogen and oxygen atoms in total. The summed E-state index contributed by atoms with van der Waals surface area (Å²) in [6.07, 6.45) is 5.06. The highest BCUT2D eigenvalue weighted by atomic mass is 16.5. The molecule has 9 heteroatoms. The van der Waals surface area contributed by atoms with Gasteiger partial charge in [-0.1, -0.05) is 43.0 Å². The summed E-state index contributed by atoms with van der Waals surface area (Å²) in [5, 5.41) is 3.57. The smallest absolute Gasteiger partial charge is 0.233 e. The summed E-state index contributed by atoms with van der Waals surface area (Å²) in [5.74, 6) is 1.09. The van der Waals surface area contributed by atoms with E-state index in [4.69, 9.17) is 14.5 Å². The number of unbranched alkanes of at least 4 members (excludes halogenated alkanes) is 3. The third-order valence-electron chi connectivity index (χ3n) is 9.82. The third kappa shape index (κ3) is 7.95. The molecule has 4 aromatic carbocycles. The number of imidazole rings is 1. The van der Waals surface area contributed by atoms with E-state index in [2.05, 4.69) is 71.0 Å². The van der Waals surface area contributed by atoms with Crippen molar-refractivity contribution in [2.45, 2.75) is 32.6 Å². The van der Waals surface area contributed by atoms with Crippen LogP contribution in [0.15, 0.2) is 97.6 Å². The maximum Gasteiger partial charge on any atom is 0.233 e. The highest BCUT2D eigenvalue weighted by Gasteiger charge is 2.26. The normalized spacial score (nSPS) is 14.7. The SMILES string of the molecule is C=C(Nc1cc(N2CCN(C)CC2)ccc1C)c1ccc2nc(-c3ccc(OCCCCCCOC4=CC(=O)C(=O)c5ccccc54)cc3)[nH]c2c1. The van der Waals surface area contributed by atoms with E-state index in [1.165, 1.54) is 17.3 Å². The first-order valence-corrected chi connectivity index (χ1v) is 18.1. The Bertz CT molecular complexity index is 2130. The zero-order valence-electron chi connectivity index (χ0n) is 29.9. The first kappa shape index (κ1) is 34.8. The maximum absolute atomic E-state index is 12.1. The van der Waals surface area contributed by atoms with Gasteiger partial charge in [-0.2, -0.15) is 0 Å². The van der Waals surface area contributed by atoms with Gasteiger partial charge in [0.05, 0.1) is 24.2 Å². The standard InChI is InChI=1S/C43H45N5O4/c1-29-12-16-33(48-22-20-47(3)21-23-48)27-38(29)44-30(2)32-15-19-37-39(26-32)46-43(45-37)31-13-17-34(18-14-31)51-24-8-4-5-9-25-52-41-28-40(49)42(50)36-11-7-6-10-35(36)41/h6-7,10-19,26-28,44H,2,4-5,8-9,20-25H2,1,3H3,(H,45,46). The molecule has 0 atom stereocenters. The molecule has 0 saturated carbocycles. The minimum atomic E-state index is -0.533. The lowest BCUT2D eigenvalue weighted by Gasteiger charge is -2.34. The average Bonchev–Trinajstić information content (AvgIpc) is 3.60. The number of hydrogen-bond donors (Lipinski definition) is 2. The van der Waals surface area contributed by atoms with Crippen LogP contribution in [0.4, 0.5) is 11.4 Å². The van der Waals surface area contributed by atoms with Crippen LogP contribution in [0.1, 0.15) is 52.7 Å². The molecule has 0 amide bonds. The van der Waals surface area contributed by atoms with Crippen LogP contribution < -0.4 is 15.0 Å². The Labute approximate surface area is 305 Å². The largest absolute Gasteiger partial charge is 0.494 e. The van der Waals surface area contributed by atoms with Gasteiger partial charge in [0.2, 0.25) is 11.6 Å². The van der Waals surface area contributed by atoms with Crippen molar-refractivity contribution in [2.75, 3.05) is 56.7 Å². The highest BCUT2D eigenvalue weighted by Crippen LogP contribution is 2.30. The highest BCUT2D eigenvalue weighted by molar-refractivity contribution is 6.50. The van der Waals surface area contributed by atoms with Crippen LogP contribution in [0.2, 0.25) is 0 Å². The number of nitrogens with one attached hydrogen (secondary N) is 2. The van der Waals surface area contributed by atoms with Crippen LogP contribution >= 0.6 is 0 Å². The van der Waals surface area contributed by atoms with Crippen LogP contribution in [0.5, 0.6) is 5.75 Å². The minimum absolute atomic E-state index is 0.408. The number of H-pyrrole nitrogens is 1. The molecular formula is C43H45N5O4. The second-order valence-electron chi connectivity index (χ2n) is 13.6. The Morgan fingerprint density at radius 3 is 2.35 bits per heavy atom. The number of ketones is 2. The molecule has 5 aromatic rings. The molecule has 1 fully saturated rings. The number of benzene rings is 4. The first-order chi connectivity index (χ1) is 25.3. The number of fused-ring (bicyclic) bond motifs is 2. The molecule has 2 aliphatic rings. The summed E-state index contributed by atoms with van der Waals surface area (Å²) in [5.41, 5.74) is 9.25. The van der Waals surface area contributed by atoms with Crippen molar-refractivity contribution in [3.8, 4) is 17.1 Å². The van der Waals surface area contributed by atoms with Crippen LogP contribution in [-0.2, 0) is 9.53 Å². The molecule has 1 saturated heterocycles. The lowest BCUT2D eigenvalue weighted by atomic mass is 9.94. The molecule has 2 heterocycles. The van der Waals surface area contributed by atoms with Gasteiger partial charge < -0.3 is 29.6 Å². The first-order valence-electron chi connectivity index (χ1n) is 18.1. The van der Waals surface area contributed by atoms with E-state index < -0.39 is 11.6 Å². The minimum Gasteiger partial charge on any atom is -0.494 e. The van der Waals surface area contributed by atoms with Crippen LogP contribution in [0, 0.1) is 6.92 Å². The number of aromatic amines is 1. The Morgan fingerprint density at radius 2 is 1.58 bits per heavy atom. The fourth-order valence-corrected chi connectivity index (χ4v) is 6.62. The number of hydrogen-bond acceptors (Lipinski definition) is 8. The van der Waals surface area contributed by atoms with Gasteiger partial charge >= 0.3 is 0 Å². The summed E-state index contributed by atoms with van der Waals surface area (Å²) >= 11 is 0. The monoisotopic (exact) mass is 695 g/mol. The van der Waals surface area contributed by atoms with Gasteiger partial charge in [0.1, 0.15) is 17.3 Å². The second-order valence-corrected chi connectivity index (χ2v) is 13.6. The van der Waals surface area contributed by atoms with E-state index in [9.17, 15) is 9.59 Å². The van der Waals surface area contributed by atoms with Gasteiger partial charge in [-0.25, -0.2) is 4.98 Å². The summed E-state index contributed by atoms with van der Waals surface area (Å²) in [6.45, 7) is 11.8. The number of likely N-dealkylation sites (N-methyl/N-ethyl adjacent to an activating group) is 1. The molecule has 1 aliphatic carbocycles. The van der Waals surface area contributed by atoms with Crippen molar-refractivity contribution in [1.29, 1.82) is 0 Å². The van der Waals surface area contributed by atoms with Gasteiger partial charge in [0.15, 0.2) is 0 Å². The molecule has 0 spiro atoms. The summed E-state index contributed by atoms with van der Waals surface area (Å²) in [6, 6.07) is 27.9. The van der Waals surface area contributed by atoms with Gasteiger partial charge in [-0.3, -0.25) is 9.59 Å². The lowest BCUT2D eigenvalue weighted by Crippen LogP contribution is -2.44. The van der Waals surface area contributed by atoms with E-state index >= 15 is 0 Å². The number of Topliss-reactive ketones (excluding diaryl/α,β-unsaturated/α-hetero) is 1. The Balaban J connectivity index is 0.866. The van der Waals surface area contributed by atoms with Gasteiger partial charge in [0, 0.05) is 66.0 Å². The van der Waals surface area contributed by atoms with Gasteiger partial charge in [0.25, 0.3) is 0 Å². The molecule has 52 heavy (non-hydrogen) atoms. The van der Waals surface area contributed by atoms with E-state index in [0.29, 0.717) is 30.1 Å². The second kappa shape index (κ2) is 15.7. The number of aryl methyl sites for hydroxylation is 1. The number of allylic oxidation sites excluding steroid dienone is 1. The number of ether oxygens (including phenoxy) is 2. The third-order valence-corrected chi connectivity index (χ3v) is 9.82. The summed E-state index contributed by atoms with van der Waals surface area (Å²) < 4.78 is 11.9. The number of nitrogens with zero attached hydrogens (tertiary/aromatic N) is 3. The zero-order chi connectivity index (χ0) is 36.0. The number of rotatable bonds is 14. The molecule has 0 radical (unpaired) electrons. The van der Waals surface area contributed by atoms with E-state index in [-0.39, 0.29) is 0 Å². The number of anilines is 2.